The van der Waals surface area contributed by atoms with Gasteiger partial charge >= 0.3 is 0 Å². The highest BCUT2D eigenvalue weighted by molar-refractivity contribution is 9.10. The second-order valence-corrected chi connectivity index (χ2v) is 5.30. The van der Waals surface area contributed by atoms with Gasteiger partial charge in [-0.1, -0.05) is 19.1 Å². The zero-order valence-electron chi connectivity index (χ0n) is 11.5. The largest absolute Gasteiger partial charge is 0.353 e. The molecule has 0 spiro atoms. The third kappa shape index (κ3) is 4.42. The summed E-state index contributed by atoms with van der Waals surface area (Å²) in [5.41, 5.74) is 2.37. The highest BCUT2D eigenvalue weighted by Crippen LogP contribution is 2.22. The molecular formula is C14H22BrN3. The molecule has 1 aromatic heterocycles. The van der Waals surface area contributed by atoms with Crippen molar-refractivity contribution in [2.75, 3.05) is 24.5 Å². The average Bonchev–Trinajstić information content (AvgIpc) is 2.33. The van der Waals surface area contributed by atoms with E-state index >= 15 is 0 Å². The molecule has 0 unspecified atom stereocenters. The van der Waals surface area contributed by atoms with Crippen molar-refractivity contribution >= 4 is 21.7 Å². The summed E-state index contributed by atoms with van der Waals surface area (Å²) in [7, 11) is 0. The van der Waals surface area contributed by atoms with E-state index in [0.29, 0.717) is 0 Å². The fraction of sp³-hybridized carbons (Fsp3) is 0.500. The number of halogens is 1. The lowest BCUT2D eigenvalue weighted by Crippen LogP contribution is -2.27. The van der Waals surface area contributed by atoms with Crippen LogP contribution in [0.25, 0.3) is 0 Å². The second-order valence-electron chi connectivity index (χ2n) is 4.39. The molecule has 3 nitrogen and oxygen atoms in total. The van der Waals surface area contributed by atoms with Crippen LogP contribution in [-0.2, 0) is 6.54 Å². The smallest absolute Gasteiger partial charge is 0.133 e. The zero-order chi connectivity index (χ0) is 13.5. The normalized spacial score (nSPS) is 10.4. The van der Waals surface area contributed by atoms with Gasteiger partial charge in [-0.3, -0.25) is 0 Å². The van der Waals surface area contributed by atoms with Crippen LogP contribution in [0.15, 0.2) is 28.9 Å². The molecule has 1 rings (SSSR count). The number of aromatic nitrogens is 1. The van der Waals surface area contributed by atoms with E-state index in [1.165, 1.54) is 5.56 Å². The third-order valence-electron chi connectivity index (χ3n) is 2.62. The van der Waals surface area contributed by atoms with Gasteiger partial charge in [0.2, 0.25) is 0 Å². The molecule has 0 aliphatic carbocycles. The molecule has 0 radical (unpaired) electrons. The van der Waals surface area contributed by atoms with Crippen molar-refractivity contribution < 1.29 is 0 Å². The molecule has 0 saturated heterocycles. The first-order valence-electron chi connectivity index (χ1n) is 6.32. The Hall–Kier alpha value is -0.870. The van der Waals surface area contributed by atoms with E-state index in [4.69, 9.17) is 0 Å². The minimum absolute atomic E-state index is 0.838. The molecule has 0 aliphatic heterocycles. The van der Waals surface area contributed by atoms with Crippen LogP contribution in [0.5, 0.6) is 0 Å². The summed E-state index contributed by atoms with van der Waals surface area (Å²) in [5, 5.41) is 3.35. The molecule has 1 heterocycles. The first-order valence-corrected chi connectivity index (χ1v) is 7.12. The molecule has 0 bridgehead atoms. The standard InChI is InChI=1S/C14H22BrN3/c1-5-16-8-12-7-13(15)9-17-14(12)18(6-2)10-11(3)4/h7,9,16H,3,5-6,8,10H2,1-2,4H3. The number of nitrogens with one attached hydrogen (secondary N) is 1. The van der Waals surface area contributed by atoms with E-state index in [2.05, 4.69) is 57.6 Å². The van der Waals surface area contributed by atoms with Crippen LogP contribution in [0.1, 0.15) is 26.3 Å². The Bertz CT molecular complexity index is 404. The molecule has 18 heavy (non-hydrogen) atoms. The van der Waals surface area contributed by atoms with Gasteiger partial charge in [-0.15, -0.1) is 0 Å². The summed E-state index contributed by atoms with van der Waals surface area (Å²) in [4.78, 5) is 6.80. The van der Waals surface area contributed by atoms with Gasteiger partial charge in [0, 0.05) is 35.9 Å². The lowest BCUT2D eigenvalue weighted by Gasteiger charge is -2.24. The number of hydrogen-bond donors (Lipinski definition) is 1. The van der Waals surface area contributed by atoms with E-state index in [1.54, 1.807) is 0 Å². The highest BCUT2D eigenvalue weighted by Gasteiger charge is 2.11. The summed E-state index contributed by atoms with van der Waals surface area (Å²) >= 11 is 3.48. The first-order chi connectivity index (χ1) is 8.58. The average molecular weight is 312 g/mol. The summed E-state index contributed by atoms with van der Waals surface area (Å²) in [6.07, 6.45) is 1.85. The minimum Gasteiger partial charge on any atom is -0.353 e. The molecule has 0 fully saturated rings. The fourth-order valence-electron chi connectivity index (χ4n) is 1.81. The fourth-order valence-corrected chi connectivity index (χ4v) is 2.19. The van der Waals surface area contributed by atoms with Crippen molar-refractivity contribution in [1.29, 1.82) is 0 Å². The summed E-state index contributed by atoms with van der Waals surface area (Å²) in [5.74, 6) is 1.05. The predicted octanol–water partition coefficient (Wildman–Crippen LogP) is 3.36. The number of likely N-dealkylation sites (N-methyl/N-ethyl adjacent to an activating group) is 1. The molecule has 0 aromatic carbocycles. The summed E-state index contributed by atoms with van der Waals surface area (Å²) in [6, 6.07) is 2.13. The Kier molecular flexibility index (Phi) is 6.36. The number of hydrogen-bond acceptors (Lipinski definition) is 3. The van der Waals surface area contributed by atoms with E-state index in [9.17, 15) is 0 Å². The summed E-state index contributed by atoms with van der Waals surface area (Å²) in [6.45, 7) is 13.9. The molecule has 0 atom stereocenters. The van der Waals surface area contributed by atoms with Crippen molar-refractivity contribution in [3.63, 3.8) is 0 Å². The Morgan fingerprint density at radius 1 is 1.50 bits per heavy atom. The lowest BCUT2D eigenvalue weighted by atomic mass is 10.2. The second kappa shape index (κ2) is 7.54. The number of rotatable bonds is 7. The molecule has 0 saturated carbocycles. The zero-order valence-corrected chi connectivity index (χ0v) is 13.0. The lowest BCUT2D eigenvalue weighted by molar-refractivity contribution is 0.717. The maximum Gasteiger partial charge on any atom is 0.133 e. The number of pyridine rings is 1. The van der Waals surface area contributed by atoms with Gasteiger partial charge in [-0.05, 0) is 42.4 Å². The van der Waals surface area contributed by atoms with Crippen LogP contribution >= 0.6 is 15.9 Å². The SMILES string of the molecule is C=C(C)CN(CC)c1ncc(Br)cc1CNCC. The van der Waals surface area contributed by atoms with Crippen molar-refractivity contribution in [2.24, 2.45) is 0 Å². The predicted molar refractivity (Wildman–Crippen MR) is 82.0 cm³/mol. The van der Waals surface area contributed by atoms with Crippen LogP contribution in [0.2, 0.25) is 0 Å². The summed E-state index contributed by atoms with van der Waals surface area (Å²) < 4.78 is 1.02. The van der Waals surface area contributed by atoms with Gasteiger partial charge in [-0.2, -0.15) is 0 Å². The van der Waals surface area contributed by atoms with E-state index < -0.39 is 0 Å². The minimum atomic E-state index is 0.838. The molecule has 1 aromatic rings. The Balaban J connectivity index is 2.99. The van der Waals surface area contributed by atoms with Crippen LogP contribution in [0, 0.1) is 0 Å². The number of nitrogens with zero attached hydrogens (tertiary/aromatic N) is 2. The monoisotopic (exact) mass is 311 g/mol. The van der Waals surface area contributed by atoms with Crippen molar-refractivity contribution in [1.82, 2.24) is 10.3 Å². The highest BCUT2D eigenvalue weighted by atomic mass is 79.9. The first kappa shape index (κ1) is 15.2. The molecule has 0 aliphatic rings. The van der Waals surface area contributed by atoms with E-state index in [1.807, 2.05) is 13.1 Å². The van der Waals surface area contributed by atoms with Crippen LogP contribution in [0.3, 0.4) is 0 Å². The van der Waals surface area contributed by atoms with E-state index in [-0.39, 0.29) is 0 Å². The molecule has 0 amide bonds. The van der Waals surface area contributed by atoms with Gasteiger partial charge in [0.1, 0.15) is 5.82 Å². The Morgan fingerprint density at radius 3 is 2.78 bits per heavy atom. The maximum absolute atomic E-state index is 4.55. The molecular weight excluding hydrogens is 290 g/mol. The Morgan fingerprint density at radius 2 is 2.22 bits per heavy atom. The van der Waals surface area contributed by atoms with E-state index in [0.717, 1.165) is 42.0 Å². The van der Waals surface area contributed by atoms with Crippen LogP contribution < -0.4 is 10.2 Å². The van der Waals surface area contributed by atoms with Gasteiger partial charge in [0.15, 0.2) is 0 Å². The van der Waals surface area contributed by atoms with Crippen LogP contribution in [0.4, 0.5) is 5.82 Å². The molecule has 1 N–H and O–H groups in total. The third-order valence-corrected chi connectivity index (χ3v) is 3.05. The van der Waals surface area contributed by atoms with Crippen LogP contribution in [-0.4, -0.2) is 24.6 Å². The van der Waals surface area contributed by atoms with Crippen molar-refractivity contribution in [2.45, 2.75) is 27.3 Å². The molecule has 100 valence electrons. The Labute approximate surface area is 118 Å². The van der Waals surface area contributed by atoms with Crippen molar-refractivity contribution in [3.8, 4) is 0 Å². The maximum atomic E-state index is 4.55. The van der Waals surface area contributed by atoms with Gasteiger partial charge in [0.05, 0.1) is 0 Å². The van der Waals surface area contributed by atoms with Gasteiger partial charge in [-0.25, -0.2) is 4.98 Å². The molecule has 4 heteroatoms. The van der Waals surface area contributed by atoms with Crippen molar-refractivity contribution in [3.05, 3.63) is 34.5 Å². The van der Waals surface area contributed by atoms with Gasteiger partial charge in [0.25, 0.3) is 0 Å². The van der Waals surface area contributed by atoms with Gasteiger partial charge < -0.3 is 10.2 Å². The quantitative estimate of drug-likeness (QED) is 0.783. The topological polar surface area (TPSA) is 28.2 Å². The number of anilines is 1.